The zero-order chi connectivity index (χ0) is 36.8. The Morgan fingerprint density at radius 2 is 1.18 bits per heavy atom. The molecule has 0 spiro atoms. The van der Waals surface area contributed by atoms with Gasteiger partial charge in [-0.2, -0.15) is 0 Å². The lowest BCUT2D eigenvalue weighted by Crippen LogP contribution is -2.57. The van der Waals surface area contributed by atoms with E-state index in [1.54, 1.807) is 13.2 Å². The first kappa shape index (κ1) is 38.1. The van der Waals surface area contributed by atoms with Crippen molar-refractivity contribution in [3.05, 3.63) is 108 Å². The number of carbonyl (C=O) groups is 5. The van der Waals surface area contributed by atoms with Gasteiger partial charge in [-0.1, -0.05) is 98.8 Å². The normalized spacial score (nSPS) is 12.6. The van der Waals surface area contributed by atoms with E-state index in [1.807, 2.05) is 105 Å². The molecule has 0 aliphatic carbocycles. The molecule has 4 rings (SSSR count). The lowest BCUT2D eigenvalue weighted by Gasteiger charge is -2.26. The van der Waals surface area contributed by atoms with E-state index >= 15 is 0 Å². The highest BCUT2D eigenvalue weighted by atomic mass is 16.5. The molecule has 4 N–H and O–H groups in total. The van der Waals surface area contributed by atoms with Crippen LogP contribution in [-0.4, -0.2) is 61.9 Å². The van der Waals surface area contributed by atoms with Gasteiger partial charge in [0.1, 0.15) is 23.9 Å². The molecule has 0 aromatic heterocycles. The molecule has 0 saturated heterocycles. The van der Waals surface area contributed by atoms with Crippen molar-refractivity contribution in [2.24, 2.45) is 5.92 Å². The molecule has 268 valence electrons. The van der Waals surface area contributed by atoms with Gasteiger partial charge in [-0.05, 0) is 34.9 Å². The molecule has 0 aliphatic heterocycles. The van der Waals surface area contributed by atoms with Crippen LogP contribution in [0.3, 0.4) is 0 Å². The van der Waals surface area contributed by atoms with Crippen molar-refractivity contribution in [2.75, 3.05) is 19.5 Å². The Hall–Kier alpha value is -5.71. The first-order valence-electron chi connectivity index (χ1n) is 17.0. The predicted octanol–water partition coefficient (Wildman–Crippen LogP) is 4.73. The van der Waals surface area contributed by atoms with Crippen molar-refractivity contribution in [1.82, 2.24) is 16.0 Å². The van der Waals surface area contributed by atoms with E-state index in [-0.39, 0.29) is 38.0 Å². The van der Waals surface area contributed by atoms with Crippen molar-refractivity contribution in [3.63, 3.8) is 0 Å². The summed E-state index contributed by atoms with van der Waals surface area (Å²) in [5.41, 5.74) is 2.12. The zero-order valence-corrected chi connectivity index (χ0v) is 29.4. The van der Waals surface area contributed by atoms with Crippen LogP contribution in [-0.2, 0) is 41.6 Å². The summed E-state index contributed by atoms with van der Waals surface area (Å²) in [6, 6.07) is 26.6. The molecule has 4 aromatic carbocycles. The lowest BCUT2D eigenvalue weighted by atomic mass is 9.99. The Balaban J connectivity index is 1.56. The van der Waals surface area contributed by atoms with Crippen molar-refractivity contribution >= 4 is 46.1 Å². The van der Waals surface area contributed by atoms with Crippen LogP contribution in [0.1, 0.15) is 44.2 Å². The fraction of sp³-hybridized carbons (Fsp3) is 0.325. The van der Waals surface area contributed by atoms with Crippen LogP contribution in [0.5, 0.6) is 5.75 Å². The minimum atomic E-state index is -1.04. The quantitative estimate of drug-likeness (QED) is 0.117. The van der Waals surface area contributed by atoms with Gasteiger partial charge in [0.05, 0.1) is 20.6 Å². The summed E-state index contributed by atoms with van der Waals surface area (Å²) >= 11 is 0. The number of methoxy groups -OCH3 is 2. The Morgan fingerprint density at radius 3 is 1.76 bits per heavy atom. The average molecular weight is 695 g/mol. The second-order valence-electron chi connectivity index (χ2n) is 12.7. The second-order valence-corrected chi connectivity index (χ2v) is 12.7. The summed E-state index contributed by atoms with van der Waals surface area (Å²) in [4.78, 5) is 66.1. The molecule has 4 aromatic rings. The minimum absolute atomic E-state index is 0.00487. The highest BCUT2D eigenvalue weighted by Crippen LogP contribution is 2.30. The number of rotatable bonds is 17. The summed E-state index contributed by atoms with van der Waals surface area (Å²) in [6.45, 7) is 3.84. The molecule has 11 heteroatoms. The van der Waals surface area contributed by atoms with Gasteiger partial charge in [0.2, 0.25) is 23.6 Å². The van der Waals surface area contributed by atoms with Crippen molar-refractivity contribution in [1.29, 1.82) is 0 Å². The Kier molecular flexibility index (Phi) is 14.1. The van der Waals surface area contributed by atoms with E-state index in [9.17, 15) is 24.0 Å². The van der Waals surface area contributed by atoms with E-state index in [0.717, 1.165) is 21.9 Å². The number of carbonyl (C=O) groups excluding carboxylic acids is 5. The van der Waals surface area contributed by atoms with Crippen LogP contribution in [0.4, 0.5) is 5.69 Å². The number of nitrogens with one attached hydrogen (secondary N) is 4. The standard InChI is InChI=1S/C40H46N4O7/c1-26(2)21-32(43-40(49)33(22-27-13-7-5-8-14-27)42-36(45)19-20-37(46)51-4)39(48)44-34(23-28-15-9-6-10-16-28)38(47)41-30-24-29-17-11-12-18-31(29)35(25-30)50-3/h5-18,24-26,32-34H,19-23H2,1-4H3,(H,41,47)(H,42,45)(H,43,49)(H,44,48). The fourth-order valence-electron chi connectivity index (χ4n) is 5.70. The van der Waals surface area contributed by atoms with Gasteiger partial charge in [-0.3, -0.25) is 24.0 Å². The van der Waals surface area contributed by atoms with Gasteiger partial charge in [0.25, 0.3) is 0 Å². The van der Waals surface area contributed by atoms with E-state index in [0.29, 0.717) is 11.4 Å². The summed E-state index contributed by atoms with van der Waals surface area (Å²) in [5.74, 6) is -2.02. The van der Waals surface area contributed by atoms with Crippen LogP contribution in [0.2, 0.25) is 0 Å². The molecule has 3 unspecified atom stereocenters. The third-order valence-electron chi connectivity index (χ3n) is 8.29. The third kappa shape index (κ3) is 11.7. The molecule has 0 aliphatic rings. The zero-order valence-electron chi connectivity index (χ0n) is 29.4. The van der Waals surface area contributed by atoms with Gasteiger partial charge in [-0.15, -0.1) is 0 Å². The molecular weight excluding hydrogens is 648 g/mol. The summed E-state index contributed by atoms with van der Waals surface area (Å²) in [7, 11) is 2.80. The maximum atomic E-state index is 14.0. The predicted molar refractivity (Wildman–Crippen MR) is 196 cm³/mol. The van der Waals surface area contributed by atoms with Crippen molar-refractivity contribution in [3.8, 4) is 5.75 Å². The molecule has 0 heterocycles. The van der Waals surface area contributed by atoms with Gasteiger partial charge in [0.15, 0.2) is 0 Å². The molecule has 3 atom stereocenters. The number of ether oxygens (including phenoxy) is 2. The van der Waals surface area contributed by atoms with Crippen LogP contribution >= 0.6 is 0 Å². The minimum Gasteiger partial charge on any atom is -0.496 e. The monoisotopic (exact) mass is 694 g/mol. The summed E-state index contributed by atoms with van der Waals surface area (Å²) < 4.78 is 10.2. The van der Waals surface area contributed by atoms with Crippen LogP contribution in [0, 0.1) is 5.92 Å². The molecule has 11 nitrogen and oxygen atoms in total. The molecule has 0 radical (unpaired) electrons. The van der Waals surface area contributed by atoms with Crippen LogP contribution in [0.15, 0.2) is 97.1 Å². The SMILES string of the molecule is COC(=O)CCC(=O)NC(Cc1ccccc1)C(=O)NC(CC(C)C)C(=O)NC(Cc1ccccc1)C(=O)Nc1cc(OC)c2ccccc2c1. The van der Waals surface area contributed by atoms with Gasteiger partial charge >= 0.3 is 5.97 Å². The molecule has 4 amide bonds. The number of hydrogen-bond donors (Lipinski definition) is 4. The van der Waals surface area contributed by atoms with Crippen LogP contribution in [0.25, 0.3) is 10.8 Å². The number of fused-ring (bicyclic) bond motifs is 1. The average Bonchev–Trinajstić information content (AvgIpc) is 3.13. The number of benzene rings is 4. The first-order valence-corrected chi connectivity index (χ1v) is 17.0. The number of amides is 4. The molecular formula is C40H46N4O7. The second kappa shape index (κ2) is 18.9. The van der Waals surface area contributed by atoms with Gasteiger partial charge in [-0.25, -0.2) is 0 Å². The Morgan fingerprint density at radius 1 is 0.627 bits per heavy atom. The highest BCUT2D eigenvalue weighted by molar-refractivity contribution is 6.01. The lowest BCUT2D eigenvalue weighted by molar-refractivity contribution is -0.142. The van der Waals surface area contributed by atoms with E-state index in [2.05, 4.69) is 26.0 Å². The molecule has 0 bridgehead atoms. The number of anilines is 1. The summed E-state index contributed by atoms with van der Waals surface area (Å²) in [6.07, 6.45) is 0.310. The molecule has 0 fully saturated rings. The van der Waals surface area contributed by atoms with E-state index < -0.39 is 47.7 Å². The van der Waals surface area contributed by atoms with Crippen molar-refractivity contribution < 1.29 is 33.4 Å². The largest absolute Gasteiger partial charge is 0.496 e. The molecule has 0 saturated carbocycles. The third-order valence-corrected chi connectivity index (χ3v) is 8.29. The Bertz CT molecular complexity index is 1800. The van der Waals surface area contributed by atoms with Crippen molar-refractivity contribution in [2.45, 2.75) is 64.1 Å². The fourth-order valence-corrected chi connectivity index (χ4v) is 5.70. The van der Waals surface area contributed by atoms with Gasteiger partial charge in [0, 0.05) is 36.4 Å². The Labute approximate surface area is 298 Å². The van der Waals surface area contributed by atoms with E-state index in [1.165, 1.54) is 7.11 Å². The highest BCUT2D eigenvalue weighted by Gasteiger charge is 2.31. The maximum absolute atomic E-state index is 14.0. The smallest absolute Gasteiger partial charge is 0.306 e. The maximum Gasteiger partial charge on any atom is 0.306 e. The summed E-state index contributed by atoms with van der Waals surface area (Å²) in [5, 5.41) is 13.2. The van der Waals surface area contributed by atoms with Crippen LogP contribution < -0.4 is 26.0 Å². The number of esters is 1. The number of hydrogen-bond acceptors (Lipinski definition) is 7. The molecule has 51 heavy (non-hydrogen) atoms. The van der Waals surface area contributed by atoms with Gasteiger partial charge < -0.3 is 30.7 Å². The van der Waals surface area contributed by atoms with E-state index in [4.69, 9.17) is 4.74 Å². The topological polar surface area (TPSA) is 152 Å². The first-order chi connectivity index (χ1) is 24.6.